The summed E-state index contributed by atoms with van der Waals surface area (Å²) < 4.78 is 0. The molecule has 0 aliphatic carbocycles. The Morgan fingerprint density at radius 3 is 0.500 bits per heavy atom. The summed E-state index contributed by atoms with van der Waals surface area (Å²) in [6, 6.07) is 0. The summed E-state index contributed by atoms with van der Waals surface area (Å²) in [5, 5.41) is 0. The molecule has 0 heterocycles. The van der Waals surface area contributed by atoms with Gasteiger partial charge in [0, 0.05) is 0 Å². The van der Waals surface area contributed by atoms with E-state index in [0.29, 0.717) is 0 Å². The molecule has 0 saturated carbocycles. The van der Waals surface area contributed by atoms with Crippen molar-refractivity contribution in [1.82, 2.24) is 0 Å². The molecule has 0 radical (unpaired) electrons. The summed E-state index contributed by atoms with van der Waals surface area (Å²) in [6.07, 6.45) is 0. The van der Waals surface area contributed by atoms with E-state index in [1.54, 1.807) is 0 Å². The predicted octanol–water partition coefficient (Wildman–Crippen LogP) is -15.4. The van der Waals surface area contributed by atoms with Gasteiger partial charge in [-0.15, -0.1) is 0 Å². The van der Waals surface area contributed by atoms with E-state index in [-0.39, 0.29) is 165 Å². The van der Waals surface area contributed by atoms with Crippen LogP contribution in [0, 0.1) is 0 Å². The van der Waals surface area contributed by atoms with E-state index in [0.717, 1.165) is 0 Å². The molecule has 6 heteroatoms. The second-order valence-electron chi connectivity index (χ2n) is 0. The molecule has 0 fully saturated rings. The first kappa shape index (κ1) is 43.6. The molecule has 0 aliphatic rings. The minimum absolute atomic E-state index is 0. The third kappa shape index (κ3) is 23.0. The molecule has 0 amide bonds. The standard InChI is InChI=1S/Al.4HI.K/h;4*1H;/q+3;;;;;+1/p-4. The normalized spacial score (nSPS) is 0. The molecule has 0 bridgehead atoms. The fraction of sp³-hybridized carbons (Fsp3) is 0. The minimum atomic E-state index is 0. The van der Waals surface area contributed by atoms with E-state index >= 15 is 0 Å². The fourth-order valence-electron chi connectivity index (χ4n) is 0. The Kier molecular flexibility index (Phi) is 234. The van der Waals surface area contributed by atoms with Gasteiger partial charge in [0.1, 0.15) is 0 Å². The molecule has 6 heavy (non-hydrogen) atoms. The van der Waals surface area contributed by atoms with Crippen LogP contribution in [-0.4, -0.2) is 17.4 Å². The minimum Gasteiger partial charge on any atom is -1.00 e. The summed E-state index contributed by atoms with van der Waals surface area (Å²) in [4.78, 5) is 0. The molecule has 32 valence electrons. The van der Waals surface area contributed by atoms with Crippen molar-refractivity contribution >= 4 is 17.4 Å². The van der Waals surface area contributed by atoms with E-state index < -0.39 is 0 Å². The second-order valence-corrected chi connectivity index (χ2v) is 0. The van der Waals surface area contributed by atoms with Crippen LogP contribution < -0.4 is 147 Å². The fourth-order valence-corrected chi connectivity index (χ4v) is 0. The largest absolute Gasteiger partial charge is 3.00 e. The monoisotopic (exact) mass is 574 g/mol. The van der Waals surface area contributed by atoms with Crippen LogP contribution in [0.3, 0.4) is 0 Å². The Morgan fingerprint density at radius 1 is 0.500 bits per heavy atom. The second kappa shape index (κ2) is 32.2. The van der Waals surface area contributed by atoms with Gasteiger partial charge in [0.15, 0.2) is 0 Å². The molecule has 0 N–H and O–H groups in total. The molecule has 0 aromatic carbocycles. The molecule has 0 spiro atoms. The maximum atomic E-state index is 0. The van der Waals surface area contributed by atoms with Crippen LogP contribution in [0.4, 0.5) is 0 Å². The molecule has 0 rings (SSSR count). The van der Waals surface area contributed by atoms with E-state index in [9.17, 15) is 0 Å². The van der Waals surface area contributed by atoms with Gasteiger partial charge in [-0.25, -0.2) is 0 Å². The smallest absolute Gasteiger partial charge is 1.00 e. The van der Waals surface area contributed by atoms with E-state index in [1.807, 2.05) is 0 Å². The molecule has 0 atom stereocenters. The van der Waals surface area contributed by atoms with Crippen molar-refractivity contribution in [2.75, 3.05) is 0 Å². The predicted molar refractivity (Wildman–Crippen MR) is 5.75 cm³/mol. The Hall–Kier alpha value is 5.09. The van der Waals surface area contributed by atoms with Gasteiger partial charge in [-0.3, -0.25) is 0 Å². The first-order chi connectivity index (χ1) is 0. The van der Waals surface area contributed by atoms with Crippen molar-refractivity contribution in [2.24, 2.45) is 0 Å². The van der Waals surface area contributed by atoms with Crippen molar-refractivity contribution < 1.29 is 147 Å². The quantitative estimate of drug-likeness (QED) is 0.200. The van der Waals surface area contributed by atoms with Crippen LogP contribution in [0.25, 0.3) is 0 Å². The van der Waals surface area contributed by atoms with Crippen molar-refractivity contribution in [2.45, 2.75) is 0 Å². The number of hydrogen-bond donors (Lipinski definition) is 0. The first-order valence-corrected chi connectivity index (χ1v) is 0. The van der Waals surface area contributed by atoms with Gasteiger partial charge in [0.05, 0.1) is 0 Å². The van der Waals surface area contributed by atoms with Crippen molar-refractivity contribution in [3.8, 4) is 0 Å². The van der Waals surface area contributed by atoms with Gasteiger partial charge in [0.25, 0.3) is 0 Å². The SMILES string of the molecule is [Al+3].[I-].[I-].[I-].[I-].[K+]. The van der Waals surface area contributed by atoms with E-state index in [1.165, 1.54) is 0 Å². The van der Waals surface area contributed by atoms with Gasteiger partial charge in [0.2, 0.25) is 0 Å². The molecule has 0 unspecified atom stereocenters. The third-order valence-corrected chi connectivity index (χ3v) is 0. The molecule has 0 nitrogen and oxygen atoms in total. The zero-order valence-electron chi connectivity index (χ0n) is 3.09. The Bertz CT molecular complexity index is 7.51. The summed E-state index contributed by atoms with van der Waals surface area (Å²) >= 11 is 0. The molecule has 0 aromatic rings. The van der Waals surface area contributed by atoms with Crippen LogP contribution in [0.15, 0.2) is 0 Å². The maximum Gasteiger partial charge on any atom is 3.00 e. The van der Waals surface area contributed by atoms with Crippen LogP contribution in [0.5, 0.6) is 0 Å². The molecular weight excluding hydrogens is 574 g/mol. The third-order valence-electron chi connectivity index (χ3n) is 0. The summed E-state index contributed by atoms with van der Waals surface area (Å²) in [6.45, 7) is 0. The zero-order chi connectivity index (χ0) is 0. The summed E-state index contributed by atoms with van der Waals surface area (Å²) in [7, 11) is 0. The summed E-state index contributed by atoms with van der Waals surface area (Å²) in [5.41, 5.74) is 0. The van der Waals surface area contributed by atoms with Crippen LogP contribution in [0.2, 0.25) is 0 Å². The first-order valence-electron chi connectivity index (χ1n) is 0. The Morgan fingerprint density at radius 2 is 0.500 bits per heavy atom. The van der Waals surface area contributed by atoms with Crippen LogP contribution in [-0.2, 0) is 0 Å². The van der Waals surface area contributed by atoms with Gasteiger partial charge in [-0.05, 0) is 0 Å². The average molecular weight is 574 g/mol. The number of halogens is 4. The number of rotatable bonds is 0. The molecule has 0 aliphatic heterocycles. The van der Waals surface area contributed by atoms with Crippen molar-refractivity contribution in [3.05, 3.63) is 0 Å². The van der Waals surface area contributed by atoms with E-state index in [2.05, 4.69) is 0 Å². The van der Waals surface area contributed by atoms with Crippen molar-refractivity contribution in [3.63, 3.8) is 0 Å². The summed E-state index contributed by atoms with van der Waals surface area (Å²) in [5.74, 6) is 0. The van der Waals surface area contributed by atoms with Gasteiger partial charge < -0.3 is 95.9 Å². The Balaban J connectivity index is 0. The van der Waals surface area contributed by atoms with Gasteiger partial charge >= 0.3 is 68.7 Å². The number of hydrogen-bond acceptors (Lipinski definition) is 0. The van der Waals surface area contributed by atoms with Gasteiger partial charge in [-0.2, -0.15) is 0 Å². The molecule has 0 saturated heterocycles. The van der Waals surface area contributed by atoms with E-state index in [4.69, 9.17) is 0 Å². The molecular formula is AlI4K. The maximum absolute atomic E-state index is 0. The topological polar surface area (TPSA) is 0 Å². The van der Waals surface area contributed by atoms with Crippen LogP contribution in [0.1, 0.15) is 0 Å². The van der Waals surface area contributed by atoms with Crippen molar-refractivity contribution in [1.29, 1.82) is 0 Å². The average Bonchev–Trinajstić information content (AvgIpc) is 0. The Labute approximate surface area is 160 Å². The molecule has 0 aromatic heterocycles. The van der Waals surface area contributed by atoms with Crippen LogP contribution >= 0.6 is 0 Å². The van der Waals surface area contributed by atoms with Gasteiger partial charge in [-0.1, -0.05) is 0 Å². The zero-order valence-corrected chi connectivity index (χ0v) is 16.0.